The summed E-state index contributed by atoms with van der Waals surface area (Å²) in [6, 6.07) is -5.33. The van der Waals surface area contributed by atoms with Gasteiger partial charge in [-0.1, -0.05) is 72.7 Å². The van der Waals surface area contributed by atoms with Crippen molar-refractivity contribution in [1.82, 2.24) is 46.3 Å². The lowest BCUT2D eigenvalue weighted by molar-refractivity contribution is -0.144. The van der Waals surface area contributed by atoms with E-state index in [9.17, 15) is 87.9 Å². The van der Waals surface area contributed by atoms with Crippen LogP contribution in [0.3, 0.4) is 0 Å². The summed E-state index contributed by atoms with van der Waals surface area (Å²) in [5.41, 5.74) is -1.62. The predicted octanol–water partition coefficient (Wildman–Crippen LogP) is 2.48. The molecule has 0 radical (unpaired) electrons. The van der Waals surface area contributed by atoms with Crippen LogP contribution < -0.4 is 31.9 Å². The number of nitrogens with zero attached hydrogens (tertiary/aromatic N) is 3. The SMILES string of the molecule is C/C(=C\[C@H](C(C)C)N(C)C(=O)[C@@H](NC(=O)[C@@H](N(C)C(=O)OC(C)(C)C)C(C)(C)c1cn(C)c2ccccc12)C(C)(C)C)C(=O)N[C@H](CCC(=O)O)C(=O)N[C@H](CCC(=O)O)C(=O)N[C@H](CCC(=O)O)C(=O)N[C@H](CCC(=O)O)C(=O)N[C@H](CCC(=O)O)C(=O)O. The normalized spacial score (nSPS) is 14.6. The van der Waals surface area contributed by atoms with E-state index in [2.05, 4.69) is 26.6 Å². The highest BCUT2D eigenvalue weighted by Crippen LogP contribution is 2.37. The van der Waals surface area contributed by atoms with Crippen molar-refractivity contribution in [2.45, 2.75) is 200 Å². The molecule has 2 rings (SSSR count). The zero-order valence-electron chi connectivity index (χ0n) is 53.4. The van der Waals surface area contributed by atoms with Gasteiger partial charge in [0.1, 0.15) is 47.9 Å². The van der Waals surface area contributed by atoms with E-state index in [1.807, 2.05) is 47.4 Å². The Morgan fingerprint density at radius 1 is 0.544 bits per heavy atom. The number of rotatable bonds is 35. The van der Waals surface area contributed by atoms with Crippen molar-refractivity contribution in [3.05, 3.63) is 47.7 Å². The maximum Gasteiger partial charge on any atom is 0.410 e. The van der Waals surface area contributed by atoms with Crippen molar-refractivity contribution in [2.24, 2.45) is 18.4 Å². The Hall–Kier alpha value is -9.12. The fourth-order valence-corrected chi connectivity index (χ4v) is 9.77. The first-order chi connectivity index (χ1) is 41.4. The number of hydrogen-bond donors (Lipinski definition) is 12. The predicted molar refractivity (Wildman–Crippen MR) is 322 cm³/mol. The minimum atomic E-state index is -1.94. The first-order valence-corrected chi connectivity index (χ1v) is 29.0. The molecule has 1 aromatic heterocycles. The monoisotopic (exact) mass is 1270 g/mol. The first kappa shape index (κ1) is 77.0. The molecule has 2 aromatic rings. The summed E-state index contributed by atoms with van der Waals surface area (Å²) in [6.07, 6.45) is -4.95. The molecule has 1 aromatic carbocycles. The number of likely N-dealkylation sites (N-methyl/N-ethyl adjacent to an activating group) is 2. The molecule has 8 atom stereocenters. The molecule has 0 saturated carbocycles. The molecule has 0 aliphatic heterocycles. The van der Waals surface area contributed by atoms with Crippen molar-refractivity contribution in [2.75, 3.05) is 14.1 Å². The molecule has 0 aliphatic rings. The molecule has 1 heterocycles. The second-order valence-corrected chi connectivity index (χ2v) is 25.0. The average molecular weight is 1270 g/mol. The number of amides is 8. The third kappa shape index (κ3) is 23.8. The topological polar surface area (TPSA) is 453 Å². The molecular weight excluding hydrogens is 1180 g/mol. The molecule has 0 aliphatic carbocycles. The van der Waals surface area contributed by atoms with Gasteiger partial charge in [0.2, 0.25) is 41.4 Å². The van der Waals surface area contributed by atoms with Gasteiger partial charge >= 0.3 is 41.9 Å². The number of benzene rings is 1. The third-order valence-electron chi connectivity index (χ3n) is 14.6. The van der Waals surface area contributed by atoms with Crippen LogP contribution in [0.1, 0.15) is 146 Å². The minimum Gasteiger partial charge on any atom is -0.481 e. The molecule has 30 heteroatoms. The zero-order valence-corrected chi connectivity index (χ0v) is 53.4. The number of hydrogen-bond acceptors (Lipinski definition) is 15. The number of ether oxygens (including phenoxy) is 1. The lowest BCUT2D eigenvalue weighted by atomic mass is 9.76. The fraction of sp³-hybridized carbons (Fsp3) is 0.600. The van der Waals surface area contributed by atoms with Gasteiger partial charge in [0.25, 0.3) is 0 Å². The summed E-state index contributed by atoms with van der Waals surface area (Å²) in [6.45, 7) is 18.6. The molecule has 0 saturated heterocycles. The summed E-state index contributed by atoms with van der Waals surface area (Å²) in [7, 11) is 4.74. The smallest absolute Gasteiger partial charge is 0.410 e. The van der Waals surface area contributed by atoms with Crippen LogP contribution in [-0.2, 0) is 79.5 Å². The van der Waals surface area contributed by atoms with E-state index in [1.165, 1.54) is 36.9 Å². The van der Waals surface area contributed by atoms with E-state index in [-0.39, 0.29) is 5.57 Å². The number of aromatic nitrogens is 1. The number of fused-ring (bicyclic) bond motifs is 1. The molecule has 0 spiro atoms. The minimum absolute atomic E-state index is 0.116. The number of carboxylic acid groups (broad SMARTS) is 6. The van der Waals surface area contributed by atoms with Gasteiger partial charge in [-0.05, 0) is 82.8 Å². The summed E-state index contributed by atoms with van der Waals surface area (Å²) < 4.78 is 7.65. The van der Waals surface area contributed by atoms with Crippen LogP contribution in [0.15, 0.2) is 42.1 Å². The van der Waals surface area contributed by atoms with Crippen LogP contribution >= 0.6 is 0 Å². The molecule has 0 bridgehead atoms. The van der Waals surface area contributed by atoms with Crippen molar-refractivity contribution < 1.29 is 102 Å². The number of aryl methyl sites for hydroxylation is 1. The maximum absolute atomic E-state index is 15.1. The van der Waals surface area contributed by atoms with Crippen molar-refractivity contribution in [1.29, 1.82) is 0 Å². The van der Waals surface area contributed by atoms with Gasteiger partial charge in [-0.2, -0.15) is 0 Å². The summed E-state index contributed by atoms with van der Waals surface area (Å²) >= 11 is 0. The summed E-state index contributed by atoms with van der Waals surface area (Å²) in [5, 5.41) is 71.5. The van der Waals surface area contributed by atoms with E-state index in [4.69, 9.17) is 9.84 Å². The van der Waals surface area contributed by atoms with Crippen LogP contribution in [0.4, 0.5) is 4.79 Å². The first-order valence-electron chi connectivity index (χ1n) is 29.0. The molecule has 500 valence electrons. The molecular formula is C60H89N9O21. The van der Waals surface area contributed by atoms with Gasteiger partial charge in [-0.15, -0.1) is 0 Å². The molecule has 12 N–H and O–H groups in total. The van der Waals surface area contributed by atoms with E-state index in [0.29, 0.717) is 0 Å². The largest absolute Gasteiger partial charge is 0.481 e. The van der Waals surface area contributed by atoms with Gasteiger partial charge in [-0.3, -0.25) is 62.4 Å². The highest BCUT2D eigenvalue weighted by molar-refractivity contribution is 6.00. The lowest BCUT2D eigenvalue weighted by Gasteiger charge is -2.42. The number of carbonyl (C=O) groups excluding carboxylic acids is 8. The quantitative estimate of drug-likeness (QED) is 0.0441. The molecule has 90 heavy (non-hydrogen) atoms. The molecule has 0 fully saturated rings. The Morgan fingerprint density at radius 2 is 0.922 bits per heavy atom. The molecule has 0 unspecified atom stereocenters. The number of para-hydroxylation sites is 1. The lowest BCUT2D eigenvalue weighted by Crippen LogP contribution is -2.63. The number of nitrogens with one attached hydrogen (secondary N) is 6. The van der Waals surface area contributed by atoms with E-state index >= 15 is 4.79 Å². The van der Waals surface area contributed by atoms with Gasteiger partial charge in [0.05, 0.1) is 6.04 Å². The Balaban J connectivity index is 2.59. The van der Waals surface area contributed by atoms with Gasteiger partial charge in [-0.25, -0.2) is 9.59 Å². The number of aliphatic carboxylic acids is 6. The number of carbonyl (C=O) groups is 14. The van der Waals surface area contributed by atoms with Crippen LogP contribution in [-0.4, -0.2) is 196 Å². The Labute approximate surface area is 521 Å². The standard InChI is InChI=1S/C60H89N9O21/c1-31(2)41(68(13)55(86)47(58(4,5)6)66-54(85)48(69(14)57(89)90-59(7,8)9)60(10,11)34-30-67(12)40-18-16-15-17-33(34)40)29-32(3)49(80)61-35(19-24-42(70)71)50(81)62-36(20-25-43(72)73)51(82)63-37(21-26-44(74)75)52(83)64-38(22-27-45(76)77)53(84)65-39(56(87)88)23-28-46(78)79/h15-18,29-31,35-39,41,47-48H,19-28H2,1-14H3,(H,61,80)(H,62,81)(H,63,82)(H,64,83)(H,65,84)(H,66,85)(H,70,71)(H,72,73)(H,74,75)(H,76,77)(H,78,79)(H,87,88)/b32-29+/t35-,36-,37-,38-,39-,41-,47-,48-/m1/s1. The van der Waals surface area contributed by atoms with Gasteiger partial charge in [0, 0.05) is 81.3 Å². The van der Waals surface area contributed by atoms with Gasteiger partial charge in [0.15, 0.2) is 0 Å². The van der Waals surface area contributed by atoms with Crippen LogP contribution in [0.2, 0.25) is 0 Å². The van der Waals surface area contributed by atoms with Gasteiger partial charge < -0.3 is 76.7 Å². The second kappa shape index (κ2) is 33.5. The van der Waals surface area contributed by atoms with Crippen LogP contribution in [0, 0.1) is 11.3 Å². The molecule has 8 amide bonds. The summed E-state index contributed by atoms with van der Waals surface area (Å²) in [5.74, 6) is -17.0. The Morgan fingerprint density at radius 3 is 1.29 bits per heavy atom. The summed E-state index contributed by atoms with van der Waals surface area (Å²) in [4.78, 5) is 186. The van der Waals surface area contributed by atoms with Crippen molar-refractivity contribution in [3.63, 3.8) is 0 Å². The third-order valence-corrected chi connectivity index (χ3v) is 14.6. The second-order valence-electron chi connectivity index (χ2n) is 25.0. The zero-order chi connectivity index (χ0) is 69.1. The Kier molecular flexibility index (Phi) is 28.6. The average Bonchev–Trinajstić information content (AvgIpc) is 1.52. The van der Waals surface area contributed by atoms with E-state index in [1.54, 1.807) is 69.2 Å². The highest BCUT2D eigenvalue weighted by Gasteiger charge is 2.47. The van der Waals surface area contributed by atoms with Crippen molar-refractivity contribution >= 4 is 94.2 Å². The Bertz CT molecular complexity index is 3030. The maximum atomic E-state index is 15.1. The fourth-order valence-electron chi connectivity index (χ4n) is 9.77. The highest BCUT2D eigenvalue weighted by atomic mass is 16.6. The van der Waals surface area contributed by atoms with Crippen LogP contribution in [0.25, 0.3) is 10.9 Å². The van der Waals surface area contributed by atoms with Crippen molar-refractivity contribution in [3.8, 4) is 0 Å². The molecule has 30 nitrogen and oxygen atoms in total. The van der Waals surface area contributed by atoms with E-state index in [0.717, 1.165) is 16.5 Å². The number of carboxylic acids is 6. The van der Waals surface area contributed by atoms with Crippen LogP contribution in [0.5, 0.6) is 0 Å². The van der Waals surface area contributed by atoms with E-state index < -0.39 is 218 Å².